The quantitative estimate of drug-likeness (QED) is 0.696. The van der Waals surface area contributed by atoms with E-state index in [-0.39, 0.29) is 23.4 Å². The number of likely N-dealkylation sites (tertiary alicyclic amines) is 1. The third kappa shape index (κ3) is 4.08. The van der Waals surface area contributed by atoms with Crippen LogP contribution in [0.4, 0.5) is 0 Å². The van der Waals surface area contributed by atoms with E-state index in [9.17, 15) is 14.4 Å². The molecule has 1 fully saturated rings. The SMILES string of the molecule is O=C(NCCn1c(=O)[nH]c2ccccc21)C1CCN(C(=O)c2ccccc2)CC1. The molecule has 7 nitrogen and oxygen atoms in total. The molecule has 0 spiro atoms. The number of rotatable bonds is 5. The third-order valence-electron chi connectivity index (χ3n) is 5.49. The Kier molecular flexibility index (Phi) is 5.46. The van der Waals surface area contributed by atoms with Crippen LogP contribution in [-0.4, -0.2) is 45.9 Å². The van der Waals surface area contributed by atoms with E-state index in [1.54, 1.807) is 4.57 Å². The Bertz CT molecular complexity index is 1060. The van der Waals surface area contributed by atoms with Gasteiger partial charge in [-0.25, -0.2) is 4.79 Å². The molecule has 2 aromatic carbocycles. The zero-order valence-electron chi connectivity index (χ0n) is 16.1. The predicted molar refractivity (Wildman–Crippen MR) is 111 cm³/mol. The van der Waals surface area contributed by atoms with Crippen molar-refractivity contribution in [1.82, 2.24) is 19.8 Å². The molecule has 3 aromatic rings. The van der Waals surface area contributed by atoms with Crippen molar-refractivity contribution >= 4 is 22.8 Å². The van der Waals surface area contributed by atoms with Crippen LogP contribution in [0.2, 0.25) is 0 Å². The van der Waals surface area contributed by atoms with Crippen molar-refractivity contribution in [2.75, 3.05) is 19.6 Å². The second-order valence-corrected chi connectivity index (χ2v) is 7.32. The second-order valence-electron chi connectivity index (χ2n) is 7.32. The number of aromatic amines is 1. The number of imidazole rings is 1. The minimum absolute atomic E-state index is 0.00954. The van der Waals surface area contributed by atoms with E-state index in [0.29, 0.717) is 44.6 Å². The first-order valence-corrected chi connectivity index (χ1v) is 9.93. The first-order valence-electron chi connectivity index (χ1n) is 9.93. The fourth-order valence-electron chi connectivity index (χ4n) is 3.87. The van der Waals surface area contributed by atoms with Crippen molar-refractivity contribution in [2.45, 2.75) is 19.4 Å². The summed E-state index contributed by atoms with van der Waals surface area (Å²) < 4.78 is 1.64. The summed E-state index contributed by atoms with van der Waals surface area (Å²) in [7, 11) is 0. The van der Waals surface area contributed by atoms with Gasteiger partial charge in [0, 0.05) is 37.7 Å². The Morgan fingerprint density at radius 3 is 2.45 bits per heavy atom. The van der Waals surface area contributed by atoms with Crippen LogP contribution >= 0.6 is 0 Å². The molecule has 1 aliphatic heterocycles. The largest absolute Gasteiger partial charge is 0.354 e. The van der Waals surface area contributed by atoms with Crippen LogP contribution < -0.4 is 11.0 Å². The highest BCUT2D eigenvalue weighted by Gasteiger charge is 2.27. The Hall–Kier alpha value is -3.35. The number of H-pyrrole nitrogens is 1. The Morgan fingerprint density at radius 1 is 1.00 bits per heavy atom. The van der Waals surface area contributed by atoms with E-state index in [2.05, 4.69) is 10.3 Å². The van der Waals surface area contributed by atoms with Crippen molar-refractivity contribution < 1.29 is 9.59 Å². The minimum atomic E-state index is -0.173. The number of benzene rings is 2. The maximum Gasteiger partial charge on any atom is 0.326 e. The predicted octanol–water partition coefficient (Wildman–Crippen LogP) is 2.00. The van der Waals surface area contributed by atoms with Crippen LogP contribution in [0.15, 0.2) is 59.4 Å². The van der Waals surface area contributed by atoms with Gasteiger partial charge in [0.15, 0.2) is 0 Å². The molecule has 1 saturated heterocycles. The number of para-hydroxylation sites is 2. The van der Waals surface area contributed by atoms with E-state index in [4.69, 9.17) is 0 Å². The topological polar surface area (TPSA) is 87.2 Å². The van der Waals surface area contributed by atoms with Crippen LogP contribution in [0.3, 0.4) is 0 Å². The lowest BCUT2D eigenvalue weighted by Gasteiger charge is -2.31. The number of piperidine rings is 1. The third-order valence-corrected chi connectivity index (χ3v) is 5.49. The number of nitrogens with one attached hydrogen (secondary N) is 2. The molecule has 0 radical (unpaired) electrons. The van der Waals surface area contributed by atoms with Crippen LogP contribution in [0.1, 0.15) is 23.2 Å². The van der Waals surface area contributed by atoms with Gasteiger partial charge in [0.25, 0.3) is 5.91 Å². The average Bonchev–Trinajstić information content (AvgIpc) is 3.09. The summed E-state index contributed by atoms with van der Waals surface area (Å²) in [5.74, 6) is -0.0950. The van der Waals surface area contributed by atoms with Gasteiger partial charge in [0.05, 0.1) is 11.0 Å². The Labute approximate surface area is 168 Å². The number of carbonyl (C=O) groups is 2. The molecule has 29 heavy (non-hydrogen) atoms. The summed E-state index contributed by atoms with van der Waals surface area (Å²) in [5.41, 5.74) is 2.13. The van der Waals surface area contributed by atoms with Crippen molar-refractivity contribution in [3.05, 3.63) is 70.6 Å². The normalized spacial score (nSPS) is 14.8. The van der Waals surface area contributed by atoms with E-state index < -0.39 is 0 Å². The van der Waals surface area contributed by atoms with Crippen LogP contribution in [0, 0.1) is 5.92 Å². The van der Waals surface area contributed by atoms with E-state index in [1.807, 2.05) is 59.5 Å². The summed E-state index contributed by atoms with van der Waals surface area (Å²) in [4.78, 5) is 41.7. The molecule has 150 valence electrons. The summed E-state index contributed by atoms with van der Waals surface area (Å²) in [6, 6.07) is 16.7. The zero-order chi connectivity index (χ0) is 20.2. The van der Waals surface area contributed by atoms with Gasteiger partial charge in [0.1, 0.15) is 0 Å². The summed E-state index contributed by atoms with van der Waals surface area (Å²) >= 11 is 0. The molecule has 0 unspecified atom stereocenters. The number of hydrogen-bond donors (Lipinski definition) is 2. The van der Waals surface area contributed by atoms with Gasteiger partial charge in [-0.2, -0.15) is 0 Å². The lowest BCUT2D eigenvalue weighted by molar-refractivity contribution is -0.126. The average molecular weight is 392 g/mol. The molecule has 4 rings (SSSR count). The molecular weight excluding hydrogens is 368 g/mol. The monoisotopic (exact) mass is 392 g/mol. The minimum Gasteiger partial charge on any atom is -0.354 e. The lowest BCUT2D eigenvalue weighted by Crippen LogP contribution is -2.43. The number of amides is 2. The Balaban J connectivity index is 1.27. The lowest BCUT2D eigenvalue weighted by atomic mass is 9.95. The van der Waals surface area contributed by atoms with Gasteiger partial charge < -0.3 is 15.2 Å². The van der Waals surface area contributed by atoms with Gasteiger partial charge in [0.2, 0.25) is 5.91 Å². The standard InChI is InChI=1S/C22H24N4O3/c27-20(23-12-15-26-19-9-5-4-8-18(19)24-22(26)29)16-10-13-25(14-11-16)21(28)17-6-2-1-3-7-17/h1-9,16H,10-15H2,(H,23,27)(H,24,29). The maximum atomic E-state index is 12.5. The first kappa shape index (κ1) is 19.0. The van der Waals surface area contributed by atoms with E-state index >= 15 is 0 Å². The molecule has 7 heteroatoms. The van der Waals surface area contributed by atoms with Gasteiger partial charge in [-0.3, -0.25) is 14.2 Å². The van der Waals surface area contributed by atoms with Gasteiger partial charge >= 0.3 is 5.69 Å². The number of nitrogens with zero attached hydrogens (tertiary/aromatic N) is 2. The Morgan fingerprint density at radius 2 is 1.69 bits per heavy atom. The number of hydrogen-bond acceptors (Lipinski definition) is 3. The first-order chi connectivity index (χ1) is 14.1. The summed E-state index contributed by atoms with van der Waals surface area (Å²) in [6.45, 7) is 1.96. The molecule has 2 heterocycles. The van der Waals surface area contributed by atoms with Crippen molar-refractivity contribution in [3.8, 4) is 0 Å². The molecule has 1 aromatic heterocycles. The van der Waals surface area contributed by atoms with E-state index in [0.717, 1.165) is 11.0 Å². The molecule has 2 N–H and O–H groups in total. The number of aromatic nitrogens is 2. The smallest absolute Gasteiger partial charge is 0.326 e. The van der Waals surface area contributed by atoms with Gasteiger partial charge in [-0.15, -0.1) is 0 Å². The van der Waals surface area contributed by atoms with Crippen molar-refractivity contribution in [3.63, 3.8) is 0 Å². The van der Waals surface area contributed by atoms with Gasteiger partial charge in [-0.1, -0.05) is 30.3 Å². The number of fused-ring (bicyclic) bond motifs is 1. The molecule has 0 saturated carbocycles. The van der Waals surface area contributed by atoms with E-state index in [1.165, 1.54) is 0 Å². The molecule has 0 bridgehead atoms. The molecule has 0 aliphatic carbocycles. The molecule has 0 atom stereocenters. The fourth-order valence-corrected chi connectivity index (χ4v) is 3.87. The molecule has 2 amide bonds. The molecular formula is C22H24N4O3. The van der Waals surface area contributed by atoms with Crippen LogP contribution in [-0.2, 0) is 11.3 Å². The molecule has 1 aliphatic rings. The highest BCUT2D eigenvalue weighted by atomic mass is 16.2. The summed E-state index contributed by atoms with van der Waals surface area (Å²) in [5, 5.41) is 2.94. The van der Waals surface area contributed by atoms with Crippen molar-refractivity contribution in [2.24, 2.45) is 5.92 Å². The van der Waals surface area contributed by atoms with Crippen molar-refractivity contribution in [1.29, 1.82) is 0 Å². The fraction of sp³-hybridized carbons (Fsp3) is 0.318. The highest BCUT2D eigenvalue weighted by Crippen LogP contribution is 2.19. The second kappa shape index (κ2) is 8.34. The number of carbonyl (C=O) groups excluding carboxylic acids is 2. The maximum absolute atomic E-state index is 12.5. The zero-order valence-corrected chi connectivity index (χ0v) is 16.1. The highest BCUT2D eigenvalue weighted by molar-refractivity contribution is 5.94. The van der Waals surface area contributed by atoms with Crippen LogP contribution in [0.25, 0.3) is 11.0 Å². The van der Waals surface area contributed by atoms with Crippen LogP contribution in [0.5, 0.6) is 0 Å². The van der Waals surface area contributed by atoms with Gasteiger partial charge in [-0.05, 0) is 37.1 Å². The summed E-state index contributed by atoms with van der Waals surface area (Å²) in [6.07, 6.45) is 1.30.